The zero-order chi connectivity index (χ0) is 14.5. The SMILES string of the molecule is CCCNCCC(C)(C)C1CCOC2(CCOCC2)C1. The molecule has 20 heavy (non-hydrogen) atoms. The minimum absolute atomic E-state index is 0.134. The Morgan fingerprint density at radius 3 is 2.60 bits per heavy atom. The minimum Gasteiger partial charge on any atom is -0.381 e. The number of hydrogen-bond donors (Lipinski definition) is 1. The van der Waals surface area contributed by atoms with Crippen LogP contribution in [0.1, 0.15) is 59.3 Å². The summed E-state index contributed by atoms with van der Waals surface area (Å²) in [5.74, 6) is 0.790. The van der Waals surface area contributed by atoms with E-state index in [0.29, 0.717) is 5.41 Å². The molecular weight excluding hydrogens is 250 g/mol. The zero-order valence-electron chi connectivity index (χ0n) is 13.7. The van der Waals surface area contributed by atoms with Gasteiger partial charge in [0.2, 0.25) is 0 Å². The second-order valence-corrected chi connectivity index (χ2v) is 7.32. The molecule has 1 unspecified atom stereocenters. The second kappa shape index (κ2) is 7.24. The summed E-state index contributed by atoms with van der Waals surface area (Å²) in [5, 5.41) is 3.55. The Hall–Kier alpha value is -0.120. The number of ether oxygens (including phenoxy) is 2. The van der Waals surface area contributed by atoms with E-state index in [4.69, 9.17) is 9.47 Å². The van der Waals surface area contributed by atoms with Crippen molar-refractivity contribution in [2.24, 2.45) is 11.3 Å². The van der Waals surface area contributed by atoms with Crippen molar-refractivity contribution < 1.29 is 9.47 Å². The van der Waals surface area contributed by atoms with Gasteiger partial charge in [-0.1, -0.05) is 20.8 Å². The summed E-state index contributed by atoms with van der Waals surface area (Å²) >= 11 is 0. The van der Waals surface area contributed by atoms with Gasteiger partial charge in [0, 0.05) is 19.8 Å². The predicted octanol–water partition coefficient (Wildman–Crippen LogP) is 3.38. The van der Waals surface area contributed by atoms with E-state index in [1.807, 2.05) is 0 Å². The van der Waals surface area contributed by atoms with Gasteiger partial charge < -0.3 is 14.8 Å². The van der Waals surface area contributed by atoms with Crippen molar-refractivity contribution in [2.75, 3.05) is 32.9 Å². The first kappa shape index (κ1) is 16.3. The van der Waals surface area contributed by atoms with Crippen molar-refractivity contribution >= 4 is 0 Å². The molecule has 0 aromatic rings. The third-order valence-electron chi connectivity index (χ3n) is 5.38. The van der Waals surface area contributed by atoms with Crippen molar-refractivity contribution in [3.8, 4) is 0 Å². The lowest BCUT2D eigenvalue weighted by Gasteiger charge is -2.48. The van der Waals surface area contributed by atoms with Gasteiger partial charge in [0.25, 0.3) is 0 Å². The van der Waals surface area contributed by atoms with E-state index in [1.54, 1.807) is 0 Å². The van der Waals surface area contributed by atoms with Crippen LogP contribution >= 0.6 is 0 Å². The Labute approximate surface area is 124 Å². The topological polar surface area (TPSA) is 30.5 Å². The molecule has 2 saturated heterocycles. The molecule has 0 radical (unpaired) electrons. The summed E-state index contributed by atoms with van der Waals surface area (Å²) in [5.41, 5.74) is 0.547. The van der Waals surface area contributed by atoms with Gasteiger partial charge in [0.05, 0.1) is 5.60 Å². The van der Waals surface area contributed by atoms with Crippen molar-refractivity contribution in [3.05, 3.63) is 0 Å². The molecular formula is C17H33NO2. The quantitative estimate of drug-likeness (QED) is 0.758. The fourth-order valence-electron chi connectivity index (χ4n) is 3.70. The highest BCUT2D eigenvalue weighted by molar-refractivity contribution is 4.93. The maximum atomic E-state index is 6.18. The average Bonchev–Trinajstić information content (AvgIpc) is 2.45. The molecule has 118 valence electrons. The minimum atomic E-state index is 0.134. The predicted molar refractivity (Wildman–Crippen MR) is 83.0 cm³/mol. The highest BCUT2D eigenvalue weighted by atomic mass is 16.5. The van der Waals surface area contributed by atoms with E-state index in [2.05, 4.69) is 26.1 Å². The first-order valence-corrected chi connectivity index (χ1v) is 8.50. The molecule has 1 N–H and O–H groups in total. The fraction of sp³-hybridized carbons (Fsp3) is 1.00. The second-order valence-electron chi connectivity index (χ2n) is 7.32. The summed E-state index contributed by atoms with van der Waals surface area (Å²) in [6.45, 7) is 12.1. The molecule has 0 aromatic carbocycles. The fourth-order valence-corrected chi connectivity index (χ4v) is 3.70. The smallest absolute Gasteiger partial charge is 0.0729 e. The first-order valence-electron chi connectivity index (χ1n) is 8.50. The Bertz CT molecular complexity index is 279. The van der Waals surface area contributed by atoms with Crippen molar-refractivity contribution in [1.82, 2.24) is 5.32 Å². The van der Waals surface area contributed by atoms with Gasteiger partial charge in [0.15, 0.2) is 0 Å². The third kappa shape index (κ3) is 4.19. The molecule has 0 aromatic heterocycles. The molecule has 3 heteroatoms. The standard InChI is InChI=1S/C17H33NO2/c1-4-9-18-10-6-16(2,3)15-5-11-20-17(14-15)7-12-19-13-8-17/h15,18H,4-14H2,1-3H3. The number of rotatable bonds is 6. The largest absolute Gasteiger partial charge is 0.381 e. The normalized spacial score (nSPS) is 26.9. The third-order valence-corrected chi connectivity index (χ3v) is 5.38. The van der Waals surface area contributed by atoms with Crippen LogP contribution in [-0.2, 0) is 9.47 Å². The van der Waals surface area contributed by atoms with E-state index in [0.717, 1.165) is 51.7 Å². The lowest BCUT2D eigenvalue weighted by molar-refractivity contribution is -0.159. The van der Waals surface area contributed by atoms with Gasteiger partial charge in [-0.25, -0.2) is 0 Å². The lowest BCUT2D eigenvalue weighted by atomic mass is 9.67. The summed E-state index contributed by atoms with van der Waals surface area (Å²) in [6, 6.07) is 0. The van der Waals surface area contributed by atoms with Crippen molar-refractivity contribution in [2.45, 2.75) is 64.9 Å². The van der Waals surface area contributed by atoms with Gasteiger partial charge in [-0.15, -0.1) is 0 Å². The maximum Gasteiger partial charge on any atom is 0.0729 e. The molecule has 2 aliphatic rings. The highest BCUT2D eigenvalue weighted by Crippen LogP contribution is 2.45. The van der Waals surface area contributed by atoms with Gasteiger partial charge >= 0.3 is 0 Å². The summed E-state index contributed by atoms with van der Waals surface area (Å²) in [6.07, 6.45) is 7.13. The number of hydrogen-bond acceptors (Lipinski definition) is 3. The van der Waals surface area contributed by atoms with Crippen molar-refractivity contribution in [3.63, 3.8) is 0 Å². The van der Waals surface area contributed by atoms with Gasteiger partial charge in [-0.2, -0.15) is 0 Å². The van der Waals surface area contributed by atoms with Crippen LogP contribution in [0.25, 0.3) is 0 Å². The van der Waals surface area contributed by atoms with E-state index in [1.165, 1.54) is 25.7 Å². The van der Waals surface area contributed by atoms with Crippen LogP contribution in [0.3, 0.4) is 0 Å². The van der Waals surface area contributed by atoms with Crippen LogP contribution in [0.5, 0.6) is 0 Å². The van der Waals surface area contributed by atoms with Gasteiger partial charge in [0.1, 0.15) is 0 Å². The molecule has 0 aliphatic carbocycles. The van der Waals surface area contributed by atoms with E-state index in [9.17, 15) is 0 Å². The van der Waals surface area contributed by atoms with Crippen LogP contribution in [0.2, 0.25) is 0 Å². The molecule has 0 bridgehead atoms. The van der Waals surface area contributed by atoms with E-state index in [-0.39, 0.29) is 5.60 Å². The Balaban J connectivity index is 1.86. The molecule has 0 saturated carbocycles. The molecule has 2 fully saturated rings. The average molecular weight is 283 g/mol. The number of nitrogens with one attached hydrogen (secondary N) is 1. The summed E-state index contributed by atoms with van der Waals surface area (Å²) in [7, 11) is 0. The Morgan fingerprint density at radius 1 is 1.15 bits per heavy atom. The Morgan fingerprint density at radius 2 is 1.90 bits per heavy atom. The first-order chi connectivity index (χ1) is 9.58. The monoisotopic (exact) mass is 283 g/mol. The summed E-state index contributed by atoms with van der Waals surface area (Å²) in [4.78, 5) is 0. The van der Waals surface area contributed by atoms with Crippen LogP contribution in [0.15, 0.2) is 0 Å². The molecule has 2 heterocycles. The Kier molecular flexibility index (Phi) is 5.88. The molecule has 1 spiro atoms. The van der Waals surface area contributed by atoms with E-state index >= 15 is 0 Å². The van der Waals surface area contributed by atoms with Gasteiger partial charge in [-0.3, -0.25) is 0 Å². The highest BCUT2D eigenvalue weighted by Gasteiger charge is 2.43. The van der Waals surface area contributed by atoms with Crippen LogP contribution < -0.4 is 5.32 Å². The molecule has 2 aliphatic heterocycles. The van der Waals surface area contributed by atoms with Crippen LogP contribution in [0.4, 0.5) is 0 Å². The zero-order valence-corrected chi connectivity index (χ0v) is 13.7. The molecule has 0 amide bonds. The van der Waals surface area contributed by atoms with Crippen molar-refractivity contribution in [1.29, 1.82) is 0 Å². The van der Waals surface area contributed by atoms with Crippen LogP contribution in [-0.4, -0.2) is 38.5 Å². The molecule has 1 atom stereocenters. The maximum absolute atomic E-state index is 6.18. The van der Waals surface area contributed by atoms with E-state index < -0.39 is 0 Å². The summed E-state index contributed by atoms with van der Waals surface area (Å²) < 4.78 is 11.7. The van der Waals surface area contributed by atoms with Gasteiger partial charge in [-0.05, 0) is 62.9 Å². The van der Waals surface area contributed by atoms with Crippen LogP contribution in [0, 0.1) is 11.3 Å². The lowest BCUT2D eigenvalue weighted by Crippen LogP contribution is -2.47. The molecule has 3 nitrogen and oxygen atoms in total. The molecule has 2 rings (SSSR count).